The van der Waals surface area contributed by atoms with Crippen LogP contribution >= 0.6 is 11.3 Å². The van der Waals surface area contributed by atoms with Crippen LogP contribution in [0.25, 0.3) is 0 Å². The molecule has 3 aromatic rings. The minimum absolute atomic E-state index is 0.0209. The van der Waals surface area contributed by atoms with Gasteiger partial charge in [0.15, 0.2) is 5.76 Å². The van der Waals surface area contributed by atoms with Crippen molar-refractivity contribution in [2.75, 3.05) is 0 Å². The second-order valence-corrected chi connectivity index (χ2v) is 8.18. The number of rotatable bonds is 5. The maximum Gasteiger partial charge on any atom is 0.290 e. The second kappa shape index (κ2) is 7.79. The number of carbonyl (C=O) groups excluding carboxylic acids is 2. The molecule has 1 aliphatic heterocycles. The predicted molar refractivity (Wildman–Crippen MR) is 110 cm³/mol. The number of aromatic nitrogens is 2. The van der Waals surface area contributed by atoms with Crippen molar-refractivity contribution >= 4 is 23.0 Å². The standard InChI is InChI=1S/C22H18FN3O3S/c1-12-21(30-13(2)25-12)19(27)17-18(15-3-5-16(23)6-4-15)26(22(29)20(17)28)11-14-7-9-24-10-8-14/h3-10,18,28H,11H2,1-2H3. The number of hydrogen-bond donors (Lipinski definition) is 1. The number of ketones is 1. The van der Waals surface area contributed by atoms with E-state index >= 15 is 0 Å². The number of hydrogen-bond acceptors (Lipinski definition) is 6. The van der Waals surface area contributed by atoms with E-state index in [9.17, 15) is 19.1 Å². The van der Waals surface area contributed by atoms with Gasteiger partial charge in [0.1, 0.15) is 5.82 Å². The second-order valence-electron chi connectivity index (χ2n) is 6.98. The summed E-state index contributed by atoms with van der Waals surface area (Å²) in [6, 6.07) is 8.23. The highest BCUT2D eigenvalue weighted by molar-refractivity contribution is 7.14. The van der Waals surface area contributed by atoms with Gasteiger partial charge >= 0.3 is 0 Å². The molecule has 0 saturated heterocycles. The van der Waals surface area contributed by atoms with Crippen LogP contribution in [0, 0.1) is 19.7 Å². The first-order chi connectivity index (χ1) is 14.4. The monoisotopic (exact) mass is 423 g/mol. The SMILES string of the molecule is Cc1nc(C)c(C(=O)C2=C(O)C(=O)N(Cc3ccncc3)C2c2ccc(F)cc2)s1. The van der Waals surface area contributed by atoms with Crippen LogP contribution in [-0.4, -0.2) is 31.7 Å². The first-order valence-corrected chi connectivity index (χ1v) is 10.1. The Morgan fingerprint density at radius 3 is 2.43 bits per heavy atom. The third-order valence-corrected chi connectivity index (χ3v) is 6.02. The maximum atomic E-state index is 13.5. The van der Waals surface area contributed by atoms with E-state index in [-0.39, 0.29) is 12.1 Å². The number of Topliss-reactive ketones (excluding diaryl/α,β-unsaturated/α-hetero) is 1. The van der Waals surface area contributed by atoms with Gasteiger partial charge in [-0.2, -0.15) is 0 Å². The summed E-state index contributed by atoms with van der Waals surface area (Å²) in [6.07, 6.45) is 3.21. The molecular weight excluding hydrogens is 405 g/mol. The lowest BCUT2D eigenvalue weighted by atomic mass is 9.95. The highest BCUT2D eigenvalue weighted by Crippen LogP contribution is 2.40. The number of aliphatic hydroxyl groups excluding tert-OH is 1. The molecule has 0 aliphatic carbocycles. The molecule has 0 saturated carbocycles. The Kier molecular flexibility index (Phi) is 5.17. The average molecular weight is 423 g/mol. The van der Waals surface area contributed by atoms with Crippen molar-refractivity contribution in [3.05, 3.63) is 92.6 Å². The van der Waals surface area contributed by atoms with Crippen molar-refractivity contribution in [3.8, 4) is 0 Å². The number of benzene rings is 1. The van der Waals surface area contributed by atoms with E-state index in [2.05, 4.69) is 9.97 Å². The molecule has 2 aromatic heterocycles. The van der Waals surface area contributed by atoms with Crippen molar-refractivity contribution in [1.82, 2.24) is 14.9 Å². The summed E-state index contributed by atoms with van der Waals surface area (Å²) in [4.78, 5) is 36.4. The van der Waals surface area contributed by atoms with Gasteiger partial charge in [-0.05, 0) is 49.2 Å². The Bertz CT molecular complexity index is 1160. The van der Waals surface area contributed by atoms with Gasteiger partial charge in [0.2, 0.25) is 5.78 Å². The molecule has 1 unspecified atom stereocenters. The normalized spacial score (nSPS) is 16.4. The van der Waals surface area contributed by atoms with E-state index in [0.29, 0.717) is 21.1 Å². The number of aliphatic hydroxyl groups is 1. The molecule has 3 heterocycles. The Morgan fingerprint density at radius 1 is 1.17 bits per heavy atom. The molecule has 1 amide bonds. The predicted octanol–water partition coefficient (Wildman–Crippen LogP) is 4.07. The molecule has 0 fully saturated rings. The van der Waals surface area contributed by atoms with Crippen LogP contribution in [0.4, 0.5) is 4.39 Å². The highest BCUT2D eigenvalue weighted by atomic mass is 32.1. The van der Waals surface area contributed by atoms with Gasteiger partial charge in [-0.3, -0.25) is 14.6 Å². The number of pyridine rings is 1. The zero-order chi connectivity index (χ0) is 21.4. The fourth-order valence-electron chi connectivity index (χ4n) is 3.59. The number of aryl methyl sites for hydroxylation is 2. The average Bonchev–Trinajstić information content (AvgIpc) is 3.20. The zero-order valence-electron chi connectivity index (χ0n) is 16.3. The van der Waals surface area contributed by atoms with E-state index in [4.69, 9.17) is 0 Å². The van der Waals surface area contributed by atoms with Gasteiger partial charge in [-0.25, -0.2) is 9.37 Å². The van der Waals surface area contributed by atoms with Crippen molar-refractivity contribution in [3.63, 3.8) is 0 Å². The first kappa shape index (κ1) is 19.9. The fraction of sp³-hybridized carbons (Fsp3) is 0.182. The molecule has 1 atom stereocenters. The summed E-state index contributed by atoms with van der Waals surface area (Å²) in [5.41, 5.74) is 1.84. The number of amides is 1. The van der Waals surface area contributed by atoms with Crippen LogP contribution in [0.2, 0.25) is 0 Å². The molecular formula is C22H18FN3O3S. The minimum Gasteiger partial charge on any atom is -0.503 e. The topological polar surface area (TPSA) is 83.4 Å². The molecule has 4 rings (SSSR count). The van der Waals surface area contributed by atoms with E-state index in [0.717, 1.165) is 5.56 Å². The van der Waals surface area contributed by atoms with Gasteiger partial charge < -0.3 is 10.0 Å². The molecule has 0 radical (unpaired) electrons. The maximum absolute atomic E-state index is 13.5. The summed E-state index contributed by atoms with van der Waals surface area (Å²) < 4.78 is 13.5. The van der Waals surface area contributed by atoms with Crippen LogP contribution in [-0.2, 0) is 11.3 Å². The van der Waals surface area contributed by atoms with Gasteiger partial charge in [0, 0.05) is 18.9 Å². The number of nitrogens with zero attached hydrogens (tertiary/aromatic N) is 3. The van der Waals surface area contributed by atoms with Crippen LogP contribution in [0.3, 0.4) is 0 Å². The molecule has 8 heteroatoms. The van der Waals surface area contributed by atoms with Gasteiger partial charge in [-0.15, -0.1) is 11.3 Å². The molecule has 30 heavy (non-hydrogen) atoms. The molecule has 1 aliphatic rings. The lowest BCUT2D eigenvalue weighted by Crippen LogP contribution is -2.30. The summed E-state index contributed by atoms with van der Waals surface area (Å²) in [5, 5.41) is 11.4. The zero-order valence-corrected chi connectivity index (χ0v) is 17.1. The molecule has 0 bridgehead atoms. The largest absolute Gasteiger partial charge is 0.503 e. The number of halogens is 1. The smallest absolute Gasteiger partial charge is 0.290 e. The first-order valence-electron chi connectivity index (χ1n) is 9.24. The Hall–Kier alpha value is -3.39. The summed E-state index contributed by atoms with van der Waals surface area (Å²) in [5.74, 6) is -2.12. The van der Waals surface area contributed by atoms with Crippen molar-refractivity contribution in [1.29, 1.82) is 0 Å². The van der Waals surface area contributed by atoms with Crippen LogP contribution in [0.5, 0.6) is 0 Å². The van der Waals surface area contributed by atoms with Crippen molar-refractivity contribution in [2.45, 2.75) is 26.4 Å². The Morgan fingerprint density at radius 2 is 1.83 bits per heavy atom. The number of carbonyl (C=O) groups is 2. The summed E-state index contributed by atoms with van der Waals surface area (Å²) in [6.45, 7) is 3.66. The lowest BCUT2D eigenvalue weighted by Gasteiger charge is -2.27. The van der Waals surface area contributed by atoms with E-state index in [1.807, 2.05) is 0 Å². The molecule has 0 spiro atoms. The van der Waals surface area contributed by atoms with E-state index in [1.54, 1.807) is 38.4 Å². The lowest BCUT2D eigenvalue weighted by molar-refractivity contribution is -0.130. The van der Waals surface area contributed by atoms with Crippen LogP contribution < -0.4 is 0 Å². The highest BCUT2D eigenvalue weighted by Gasteiger charge is 2.44. The molecule has 152 valence electrons. The van der Waals surface area contributed by atoms with E-state index in [1.165, 1.54) is 40.5 Å². The van der Waals surface area contributed by atoms with Gasteiger partial charge in [0.05, 0.1) is 27.2 Å². The minimum atomic E-state index is -0.847. The van der Waals surface area contributed by atoms with Crippen LogP contribution in [0.1, 0.15) is 37.5 Å². The van der Waals surface area contributed by atoms with Crippen molar-refractivity contribution in [2.24, 2.45) is 0 Å². The third-order valence-electron chi connectivity index (χ3n) is 4.95. The molecule has 6 nitrogen and oxygen atoms in total. The molecule has 1 N–H and O–H groups in total. The van der Waals surface area contributed by atoms with Gasteiger partial charge in [0.25, 0.3) is 5.91 Å². The van der Waals surface area contributed by atoms with Gasteiger partial charge in [-0.1, -0.05) is 12.1 Å². The summed E-state index contributed by atoms with van der Waals surface area (Å²) in [7, 11) is 0. The summed E-state index contributed by atoms with van der Waals surface area (Å²) >= 11 is 1.21. The van der Waals surface area contributed by atoms with Crippen LogP contribution in [0.15, 0.2) is 60.1 Å². The van der Waals surface area contributed by atoms with E-state index < -0.39 is 29.3 Å². The Balaban J connectivity index is 1.81. The number of thiazole rings is 1. The quantitative estimate of drug-likeness (QED) is 0.626. The van der Waals surface area contributed by atoms with Crippen molar-refractivity contribution < 1.29 is 19.1 Å². The molecule has 1 aromatic carbocycles. The Labute approximate surface area is 176 Å². The third kappa shape index (κ3) is 3.50. The fourth-order valence-corrected chi connectivity index (χ4v) is 4.46.